The third-order valence-corrected chi connectivity index (χ3v) is 11.8. The highest BCUT2D eigenvalue weighted by molar-refractivity contribution is 9.10. The molecule has 0 saturated heterocycles. The van der Waals surface area contributed by atoms with Crippen LogP contribution in [0.1, 0.15) is 55.6 Å². The van der Waals surface area contributed by atoms with Crippen molar-refractivity contribution in [3.05, 3.63) is 152 Å². The minimum absolute atomic E-state index is 0.0679. The quantitative estimate of drug-likeness (QED) is 0.0618. The molecule has 1 unspecified atom stereocenters. The number of carbonyl (C=O) groups is 4. The van der Waals surface area contributed by atoms with Crippen molar-refractivity contribution >= 4 is 79.5 Å². The molecule has 0 fully saturated rings. The van der Waals surface area contributed by atoms with Gasteiger partial charge in [0.25, 0.3) is 11.8 Å². The Morgan fingerprint density at radius 3 is 2.35 bits per heavy atom. The zero-order valence-electron chi connectivity index (χ0n) is 29.8. The lowest BCUT2D eigenvalue weighted by atomic mass is 10.0. The first-order chi connectivity index (χ1) is 26.2. The van der Waals surface area contributed by atoms with E-state index in [2.05, 4.69) is 48.9 Å². The van der Waals surface area contributed by atoms with Crippen LogP contribution in [-0.2, 0) is 33.8 Å². The Labute approximate surface area is 331 Å². The molecule has 2 heterocycles. The summed E-state index contributed by atoms with van der Waals surface area (Å²) in [6, 6.07) is 33.5. The number of fused-ring (bicyclic) bond motifs is 1. The van der Waals surface area contributed by atoms with Gasteiger partial charge in [-0.2, -0.15) is 0 Å². The fraction of sp³-hybridized carbons (Fsp3) is 0.190. The summed E-state index contributed by atoms with van der Waals surface area (Å²) >= 11 is 6.22. The van der Waals surface area contributed by atoms with E-state index in [0.29, 0.717) is 41.2 Å². The molecule has 1 aliphatic heterocycles. The molecule has 276 valence electrons. The maximum Gasteiger partial charge on any atom is 0.341 e. The SMILES string of the molecule is CCC(Sc1cccc(NC(=O)/C(=C\c2ccc(Br)cc2)NC(=O)c2ccccc2)c1)C(=O)Nc1sc2c(c1C(=O)OC)CCN(Cc1ccccc1)C2. The highest BCUT2D eigenvalue weighted by Crippen LogP contribution is 2.39. The number of nitrogens with zero attached hydrogens (tertiary/aromatic N) is 1. The van der Waals surface area contributed by atoms with E-state index in [1.54, 1.807) is 48.5 Å². The molecule has 4 aromatic carbocycles. The Bertz CT molecular complexity index is 2160. The van der Waals surface area contributed by atoms with Crippen LogP contribution in [0.3, 0.4) is 0 Å². The van der Waals surface area contributed by atoms with Gasteiger partial charge in [-0.25, -0.2) is 4.79 Å². The zero-order valence-corrected chi connectivity index (χ0v) is 33.0. The molecule has 3 amide bonds. The van der Waals surface area contributed by atoms with Crippen LogP contribution in [0.15, 0.2) is 124 Å². The number of amides is 3. The molecule has 9 nitrogen and oxygen atoms in total. The molecule has 0 saturated carbocycles. The van der Waals surface area contributed by atoms with E-state index in [4.69, 9.17) is 4.74 Å². The Hall–Kier alpha value is -5.01. The fourth-order valence-electron chi connectivity index (χ4n) is 6.03. The lowest BCUT2D eigenvalue weighted by Crippen LogP contribution is -2.30. The van der Waals surface area contributed by atoms with Crippen molar-refractivity contribution < 1.29 is 23.9 Å². The number of thioether (sulfide) groups is 1. The molecular weight excluding hydrogens is 785 g/mol. The summed E-state index contributed by atoms with van der Waals surface area (Å²) in [5.74, 6) is -1.61. The third kappa shape index (κ3) is 9.94. The fourth-order valence-corrected chi connectivity index (χ4v) is 8.59. The van der Waals surface area contributed by atoms with Gasteiger partial charge in [0, 0.05) is 45.1 Å². The van der Waals surface area contributed by atoms with Crippen molar-refractivity contribution in [3.8, 4) is 0 Å². The largest absolute Gasteiger partial charge is 0.465 e. The van der Waals surface area contributed by atoms with Gasteiger partial charge in [-0.05, 0) is 78.1 Å². The molecule has 1 aromatic heterocycles. The summed E-state index contributed by atoms with van der Waals surface area (Å²) in [5.41, 5.74) is 4.29. The van der Waals surface area contributed by atoms with Gasteiger partial charge < -0.3 is 20.7 Å². The Morgan fingerprint density at radius 2 is 1.65 bits per heavy atom. The number of halogens is 1. The molecule has 54 heavy (non-hydrogen) atoms. The van der Waals surface area contributed by atoms with Crippen molar-refractivity contribution in [1.29, 1.82) is 0 Å². The maximum atomic E-state index is 13.8. The predicted octanol–water partition coefficient (Wildman–Crippen LogP) is 8.77. The van der Waals surface area contributed by atoms with Crippen molar-refractivity contribution in [2.24, 2.45) is 0 Å². The van der Waals surface area contributed by atoms with Crippen molar-refractivity contribution in [3.63, 3.8) is 0 Å². The Balaban J connectivity index is 1.15. The Kier molecular flexibility index (Phi) is 13.2. The molecule has 1 aliphatic rings. The van der Waals surface area contributed by atoms with Gasteiger partial charge >= 0.3 is 5.97 Å². The van der Waals surface area contributed by atoms with Crippen molar-refractivity contribution in [1.82, 2.24) is 10.2 Å². The van der Waals surface area contributed by atoms with Crippen LogP contribution < -0.4 is 16.0 Å². The van der Waals surface area contributed by atoms with E-state index in [1.165, 1.54) is 35.8 Å². The number of ether oxygens (including phenoxy) is 1. The second-order valence-corrected chi connectivity index (χ2v) is 15.9. The highest BCUT2D eigenvalue weighted by atomic mass is 79.9. The summed E-state index contributed by atoms with van der Waals surface area (Å²) in [4.78, 5) is 57.7. The van der Waals surface area contributed by atoms with Gasteiger partial charge in [0.15, 0.2) is 0 Å². The molecule has 0 aliphatic carbocycles. The number of methoxy groups -OCH3 is 1. The van der Waals surface area contributed by atoms with Crippen LogP contribution in [0.4, 0.5) is 10.7 Å². The van der Waals surface area contributed by atoms with E-state index in [-0.39, 0.29) is 11.6 Å². The minimum atomic E-state index is -0.506. The topological polar surface area (TPSA) is 117 Å². The van der Waals surface area contributed by atoms with Crippen molar-refractivity contribution in [2.45, 2.75) is 43.0 Å². The van der Waals surface area contributed by atoms with E-state index in [1.807, 2.05) is 61.5 Å². The number of carbonyl (C=O) groups excluding carboxylic acids is 4. The first-order valence-electron chi connectivity index (χ1n) is 17.4. The third-order valence-electron chi connectivity index (χ3n) is 8.75. The van der Waals surface area contributed by atoms with Crippen molar-refractivity contribution in [2.75, 3.05) is 24.3 Å². The number of thiophene rings is 1. The van der Waals surface area contributed by atoms with E-state index in [0.717, 1.165) is 38.5 Å². The van der Waals surface area contributed by atoms with Gasteiger partial charge in [-0.3, -0.25) is 19.3 Å². The molecule has 6 rings (SSSR count). The summed E-state index contributed by atoms with van der Waals surface area (Å²) in [6.07, 6.45) is 2.81. The summed E-state index contributed by atoms with van der Waals surface area (Å²) in [6.45, 7) is 4.19. The van der Waals surface area contributed by atoms with E-state index >= 15 is 0 Å². The number of rotatable bonds is 13. The predicted molar refractivity (Wildman–Crippen MR) is 220 cm³/mol. The minimum Gasteiger partial charge on any atom is -0.465 e. The van der Waals surface area contributed by atoms with Gasteiger partial charge in [0.05, 0.1) is 17.9 Å². The van der Waals surface area contributed by atoms with Crippen LogP contribution >= 0.6 is 39.0 Å². The van der Waals surface area contributed by atoms with Crippen LogP contribution in [0, 0.1) is 0 Å². The maximum absolute atomic E-state index is 13.8. The first-order valence-corrected chi connectivity index (χ1v) is 19.9. The zero-order chi connectivity index (χ0) is 38.0. The van der Waals surface area contributed by atoms with Crippen LogP contribution in [-0.4, -0.2) is 47.5 Å². The number of nitrogens with one attached hydrogen (secondary N) is 3. The number of esters is 1. The number of hydrogen-bond donors (Lipinski definition) is 3. The Morgan fingerprint density at radius 1 is 0.926 bits per heavy atom. The monoisotopic (exact) mass is 822 g/mol. The average molecular weight is 824 g/mol. The highest BCUT2D eigenvalue weighted by Gasteiger charge is 2.30. The molecule has 0 bridgehead atoms. The van der Waals surface area contributed by atoms with Gasteiger partial charge in [-0.1, -0.05) is 89.6 Å². The molecule has 5 aromatic rings. The summed E-state index contributed by atoms with van der Waals surface area (Å²) in [5, 5.41) is 8.74. The number of hydrogen-bond acceptors (Lipinski definition) is 8. The first kappa shape index (κ1) is 38.7. The van der Waals surface area contributed by atoms with Gasteiger partial charge in [0.2, 0.25) is 5.91 Å². The number of anilines is 2. The normalized spacial score (nSPS) is 13.4. The number of benzene rings is 4. The second-order valence-electron chi connectivity index (χ2n) is 12.6. The van der Waals surface area contributed by atoms with Gasteiger partial charge in [-0.15, -0.1) is 23.1 Å². The summed E-state index contributed by atoms with van der Waals surface area (Å²) in [7, 11) is 1.36. The van der Waals surface area contributed by atoms with E-state index in [9.17, 15) is 19.2 Å². The molecular formula is C42H39BrN4O5S2. The lowest BCUT2D eigenvalue weighted by Gasteiger charge is -2.27. The smallest absolute Gasteiger partial charge is 0.341 e. The van der Waals surface area contributed by atoms with Crippen LogP contribution in [0.5, 0.6) is 0 Å². The lowest BCUT2D eigenvalue weighted by molar-refractivity contribution is -0.116. The van der Waals surface area contributed by atoms with E-state index < -0.39 is 23.0 Å². The second kappa shape index (κ2) is 18.4. The molecule has 3 N–H and O–H groups in total. The molecule has 0 radical (unpaired) electrons. The molecule has 12 heteroatoms. The van der Waals surface area contributed by atoms with Crippen LogP contribution in [0.25, 0.3) is 6.08 Å². The van der Waals surface area contributed by atoms with Crippen LogP contribution in [0.2, 0.25) is 0 Å². The standard InChI is InChI=1S/C42H39BrN4O5S2/c1-3-35(40(50)46-41-37(42(51)52-2)33-21-22-47(26-36(33)54-41)25-28-11-6-4-7-12-28)53-32-16-10-15-31(24-32)44-39(49)34(23-27-17-19-30(43)20-18-27)45-38(48)29-13-8-5-9-14-29/h4-20,23-24,35H,3,21-22,25-26H2,1-2H3,(H,44,49)(H,45,48)(H,46,50)/b34-23+. The average Bonchev–Trinajstić information content (AvgIpc) is 3.54. The summed E-state index contributed by atoms with van der Waals surface area (Å²) < 4.78 is 6.05. The molecule has 0 spiro atoms. The van der Waals surface area contributed by atoms with Gasteiger partial charge in [0.1, 0.15) is 10.7 Å². The molecule has 1 atom stereocenters.